The number of aryl methyl sites for hydroxylation is 1. The quantitative estimate of drug-likeness (QED) is 0.702. The van der Waals surface area contributed by atoms with Crippen molar-refractivity contribution in [2.75, 3.05) is 18.4 Å². The van der Waals surface area contributed by atoms with E-state index in [-0.39, 0.29) is 17.8 Å². The smallest absolute Gasteiger partial charge is 0.274 e. The topological polar surface area (TPSA) is 84.3 Å². The summed E-state index contributed by atoms with van der Waals surface area (Å²) in [5.74, 6) is -0.827. The van der Waals surface area contributed by atoms with Crippen molar-refractivity contribution in [3.8, 4) is 0 Å². The fourth-order valence-electron chi connectivity index (χ4n) is 2.58. The number of benzene rings is 1. The van der Waals surface area contributed by atoms with Crippen LogP contribution in [0, 0.1) is 0 Å². The minimum Gasteiger partial charge on any atom is -0.328 e. The molecule has 1 aromatic heterocycles. The summed E-state index contributed by atoms with van der Waals surface area (Å²) in [6.45, 7) is 4.42. The number of halogens is 2. The van der Waals surface area contributed by atoms with Gasteiger partial charge < -0.3 is 10.2 Å². The van der Waals surface area contributed by atoms with Crippen molar-refractivity contribution in [1.29, 1.82) is 0 Å². The van der Waals surface area contributed by atoms with Gasteiger partial charge in [-0.3, -0.25) is 14.4 Å². The molecule has 0 aliphatic rings. The van der Waals surface area contributed by atoms with Gasteiger partial charge in [-0.15, -0.1) is 0 Å². The Morgan fingerprint density at radius 3 is 2.57 bits per heavy atom. The van der Waals surface area contributed by atoms with Gasteiger partial charge in [0.2, 0.25) is 5.91 Å². The molecule has 1 aromatic carbocycles. The first-order valence-electron chi connectivity index (χ1n) is 8.98. The van der Waals surface area contributed by atoms with Gasteiger partial charge in [0.15, 0.2) is 0 Å². The molecule has 1 heterocycles. The first-order valence-corrected chi connectivity index (χ1v) is 9.73. The lowest BCUT2D eigenvalue weighted by Crippen LogP contribution is -2.39. The van der Waals surface area contributed by atoms with Crippen LogP contribution in [0.3, 0.4) is 0 Å². The molecule has 0 aliphatic heterocycles. The number of rotatable bonds is 8. The maximum Gasteiger partial charge on any atom is 0.274 e. The zero-order valence-corrected chi connectivity index (χ0v) is 17.3. The van der Waals surface area contributed by atoms with E-state index < -0.39 is 11.8 Å². The van der Waals surface area contributed by atoms with Gasteiger partial charge in [-0.2, -0.15) is 5.10 Å². The first kappa shape index (κ1) is 21.9. The van der Waals surface area contributed by atoms with E-state index >= 15 is 0 Å². The lowest BCUT2D eigenvalue weighted by Gasteiger charge is -2.21. The molecular weight excluding hydrogens is 403 g/mol. The highest BCUT2D eigenvalue weighted by atomic mass is 35.5. The Morgan fingerprint density at radius 1 is 1.14 bits per heavy atom. The van der Waals surface area contributed by atoms with E-state index in [1.807, 2.05) is 13.8 Å². The zero-order chi connectivity index (χ0) is 20.7. The second kappa shape index (κ2) is 10.2. The monoisotopic (exact) mass is 424 g/mol. The standard InChI is InChI=1S/C19H22Cl2N4O3/c1-3-9-24(12-17(26)22-16-11-13(20)5-6-14(16)21)19(28)15-7-8-18(27)25(23-15)10-4-2/h5-8,11H,3-4,9-10,12H2,1-2H3,(H,22,26). The van der Waals surface area contributed by atoms with Crippen molar-refractivity contribution in [1.82, 2.24) is 14.7 Å². The van der Waals surface area contributed by atoms with Crippen LogP contribution in [0.4, 0.5) is 5.69 Å². The minimum atomic E-state index is -0.418. The van der Waals surface area contributed by atoms with Gasteiger partial charge in [-0.1, -0.05) is 37.0 Å². The van der Waals surface area contributed by atoms with E-state index in [2.05, 4.69) is 10.4 Å². The fourth-order valence-corrected chi connectivity index (χ4v) is 2.91. The Bertz CT molecular complexity index is 914. The summed E-state index contributed by atoms with van der Waals surface area (Å²) < 4.78 is 1.25. The third kappa shape index (κ3) is 5.81. The number of anilines is 1. The van der Waals surface area contributed by atoms with E-state index in [0.29, 0.717) is 41.7 Å². The Hall–Kier alpha value is -2.38. The molecule has 28 heavy (non-hydrogen) atoms. The van der Waals surface area contributed by atoms with Crippen molar-refractivity contribution in [2.24, 2.45) is 0 Å². The molecule has 9 heteroatoms. The van der Waals surface area contributed by atoms with Crippen LogP contribution in [0.2, 0.25) is 10.0 Å². The summed E-state index contributed by atoms with van der Waals surface area (Å²) in [4.78, 5) is 38.5. The van der Waals surface area contributed by atoms with Gasteiger partial charge in [0.25, 0.3) is 11.5 Å². The molecular formula is C19H22Cl2N4O3. The maximum atomic E-state index is 12.8. The lowest BCUT2D eigenvalue weighted by molar-refractivity contribution is -0.116. The number of hydrogen-bond acceptors (Lipinski definition) is 4. The summed E-state index contributed by atoms with van der Waals surface area (Å²) >= 11 is 12.0. The van der Waals surface area contributed by atoms with E-state index in [1.54, 1.807) is 12.1 Å². The van der Waals surface area contributed by atoms with E-state index in [0.717, 1.165) is 0 Å². The van der Waals surface area contributed by atoms with Crippen LogP contribution in [0.1, 0.15) is 37.2 Å². The number of hydrogen-bond donors (Lipinski definition) is 1. The van der Waals surface area contributed by atoms with Crippen molar-refractivity contribution in [3.63, 3.8) is 0 Å². The first-order chi connectivity index (χ1) is 13.3. The minimum absolute atomic E-state index is 0.120. The highest BCUT2D eigenvalue weighted by molar-refractivity contribution is 6.35. The zero-order valence-electron chi connectivity index (χ0n) is 15.7. The summed E-state index contributed by atoms with van der Waals surface area (Å²) in [5, 5.41) is 7.57. The summed E-state index contributed by atoms with van der Waals surface area (Å²) in [7, 11) is 0. The molecule has 0 unspecified atom stereocenters. The summed E-state index contributed by atoms with van der Waals surface area (Å²) in [6.07, 6.45) is 1.37. The third-order valence-electron chi connectivity index (χ3n) is 3.84. The number of nitrogens with zero attached hydrogens (tertiary/aromatic N) is 3. The van der Waals surface area contributed by atoms with Crippen molar-refractivity contribution in [3.05, 3.63) is 56.4 Å². The Kier molecular flexibility index (Phi) is 8.02. The van der Waals surface area contributed by atoms with Gasteiger partial charge in [0.05, 0.1) is 10.7 Å². The normalized spacial score (nSPS) is 10.6. The van der Waals surface area contributed by atoms with Crippen molar-refractivity contribution < 1.29 is 9.59 Å². The molecule has 0 saturated heterocycles. The molecule has 0 spiro atoms. The summed E-state index contributed by atoms with van der Waals surface area (Å²) in [6, 6.07) is 7.42. The Morgan fingerprint density at radius 2 is 1.89 bits per heavy atom. The second-order valence-corrected chi connectivity index (χ2v) is 7.02. The van der Waals surface area contributed by atoms with E-state index in [4.69, 9.17) is 23.2 Å². The molecule has 2 rings (SSSR count). The number of nitrogens with one attached hydrogen (secondary N) is 1. The van der Waals surface area contributed by atoms with Crippen LogP contribution >= 0.6 is 23.2 Å². The number of aromatic nitrogens is 2. The second-order valence-electron chi connectivity index (χ2n) is 6.18. The van der Waals surface area contributed by atoms with Gasteiger partial charge in [0, 0.05) is 24.2 Å². The number of amides is 2. The Labute approximate surface area is 173 Å². The van der Waals surface area contributed by atoms with E-state index in [9.17, 15) is 14.4 Å². The van der Waals surface area contributed by atoms with Crippen LogP contribution < -0.4 is 10.9 Å². The highest BCUT2D eigenvalue weighted by Gasteiger charge is 2.21. The van der Waals surface area contributed by atoms with Gasteiger partial charge >= 0.3 is 0 Å². The molecule has 0 radical (unpaired) electrons. The largest absolute Gasteiger partial charge is 0.328 e. The fraction of sp³-hybridized carbons (Fsp3) is 0.368. The van der Waals surface area contributed by atoms with Gasteiger partial charge in [-0.05, 0) is 37.1 Å². The summed E-state index contributed by atoms with van der Waals surface area (Å²) in [5.41, 5.74) is 0.224. The molecule has 7 nitrogen and oxygen atoms in total. The average molecular weight is 425 g/mol. The molecule has 2 amide bonds. The number of carbonyl (C=O) groups excluding carboxylic acids is 2. The predicted molar refractivity (Wildman–Crippen MR) is 110 cm³/mol. The van der Waals surface area contributed by atoms with E-state index in [1.165, 1.54) is 27.8 Å². The third-order valence-corrected chi connectivity index (χ3v) is 4.40. The molecule has 150 valence electrons. The van der Waals surface area contributed by atoms with Crippen LogP contribution in [0.15, 0.2) is 35.1 Å². The molecule has 0 atom stereocenters. The Balaban J connectivity index is 2.16. The average Bonchev–Trinajstić information content (AvgIpc) is 2.65. The molecule has 0 bridgehead atoms. The van der Waals surface area contributed by atoms with Gasteiger partial charge in [0.1, 0.15) is 12.2 Å². The van der Waals surface area contributed by atoms with Crippen LogP contribution in [-0.2, 0) is 11.3 Å². The number of carbonyl (C=O) groups is 2. The van der Waals surface area contributed by atoms with Crippen LogP contribution in [0.5, 0.6) is 0 Å². The lowest BCUT2D eigenvalue weighted by atomic mass is 10.3. The molecule has 0 aliphatic carbocycles. The van der Waals surface area contributed by atoms with Crippen molar-refractivity contribution >= 4 is 40.7 Å². The molecule has 0 fully saturated rings. The molecule has 0 saturated carbocycles. The highest BCUT2D eigenvalue weighted by Crippen LogP contribution is 2.25. The SMILES string of the molecule is CCCN(CC(=O)Nc1cc(Cl)ccc1Cl)C(=O)c1ccc(=O)n(CCC)n1. The molecule has 1 N–H and O–H groups in total. The predicted octanol–water partition coefficient (Wildman–Crippen LogP) is 3.45. The van der Waals surface area contributed by atoms with Crippen LogP contribution in [0.25, 0.3) is 0 Å². The van der Waals surface area contributed by atoms with Crippen LogP contribution in [-0.4, -0.2) is 39.6 Å². The van der Waals surface area contributed by atoms with Gasteiger partial charge in [-0.25, -0.2) is 4.68 Å². The maximum absolute atomic E-state index is 12.8. The van der Waals surface area contributed by atoms with Crippen molar-refractivity contribution in [2.45, 2.75) is 33.2 Å². The molecule has 2 aromatic rings.